The molecule has 0 radical (unpaired) electrons. The van der Waals surface area contributed by atoms with Gasteiger partial charge in [0, 0.05) is 0 Å². The molecule has 0 aliphatic carbocycles. The van der Waals surface area contributed by atoms with E-state index >= 15 is 0 Å². The maximum Gasteiger partial charge on any atom is 1.00 e. The van der Waals surface area contributed by atoms with Gasteiger partial charge in [-0.25, -0.2) is 0 Å². The molecule has 0 heterocycles. The Labute approximate surface area is 142 Å². The second-order valence-corrected chi connectivity index (χ2v) is 5.71. The molecule has 0 saturated heterocycles. The van der Waals surface area contributed by atoms with Crippen LogP contribution in [0, 0.1) is 12.3 Å². The minimum Gasteiger partial charge on any atom is -0.192 e. The molecule has 0 aliphatic heterocycles. The minimum absolute atomic E-state index is 0. The molecule has 0 aliphatic rings. The van der Waals surface area contributed by atoms with Crippen LogP contribution in [-0.4, -0.2) is 0 Å². The van der Waals surface area contributed by atoms with Gasteiger partial charge in [-0.1, -0.05) is 63.1 Å². The van der Waals surface area contributed by atoms with E-state index in [4.69, 9.17) is 0 Å². The van der Waals surface area contributed by atoms with E-state index in [0.29, 0.717) is 5.92 Å². The molecule has 0 saturated carbocycles. The third kappa shape index (κ3) is 6.04. The van der Waals surface area contributed by atoms with Crippen LogP contribution in [0.5, 0.6) is 0 Å². The van der Waals surface area contributed by atoms with Crippen molar-refractivity contribution in [2.75, 3.05) is 0 Å². The topological polar surface area (TPSA) is 0 Å². The van der Waals surface area contributed by atoms with Crippen LogP contribution in [0.1, 0.15) is 50.2 Å². The van der Waals surface area contributed by atoms with Gasteiger partial charge in [-0.15, -0.1) is 12.1 Å². The van der Waals surface area contributed by atoms with Gasteiger partial charge in [0.05, 0.1) is 0 Å². The van der Waals surface area contributed by atoms with E-state index in [1.165, 1.54) is 24.0 Å². The first-order chi connectivity index (χ1) is 9.79. The first-order valence-corrected chi connectivity index (χ1v) is 7.72. The zero-order valence-electron chi connectivity index (χ0n) is 13.6. The van der Waals surface area contributed by atoms with Gasteiger partial charge >= 0.3 is 18.9 Å². The Morgan fingerprint density at radius 1 is 0.905 bits per heavy atom. The van der Waals surface area contributed by atoms with Crippen molar-refractivity contribution in [3.63, 3.8) is 0 Å². The summed E-state index contributed by atoms with van der Waals surface area (Å²) in [5, 5.41) is 0. The van der Waals surface area contributed by atoms with Crippen molar-refractivity contribution < 1.29 is 18.9 Å². The molecule has 106 valence electrons. The molecule has 2 unspecified atom stereocenters. The molecular formula is C20H25Li. The molecule has 21 heavy (non-hydrogen) atoms. The van der Waals surface area contributed by atoms with E-state index in [-0.39, 0.29) is 18.9 Å². The van der Waals surface area contributed by atoms with Crippen LogP contribution in [0.2, 0.25) is 0 Å². The predicted octanol–water partition coefficient (Wildman–Crippen LogP) is 2.85. The Balaban J connectivity index is 0.00000220. The summed E-state index contributed by atoms with van der Waals surface area (Å²) in [6.07, 6.45) is 6.02. The van der Waals surface area contributed by atoms with Crippen molar-refractivity contribution in [1.29, 1.82) is 0 Å². The van der Waals surface area contributed by atoms with Crippen molar-refractivity contribution in [2.24, 2.45) is 5.92 Å². The van der Waals surface area contributed by atoms with E-state index < -0.39 is 0 Å². The number of benzene rings is 2. The molecular weight excluding hydrogens is 247 g/mol. The molecule has 0 nitrogen and oxygen atoms in total. The van der Waals surface area contributed by atoms with Gasteiger partial charge in [0.15, 0.2) is 0 Å². The van der Waals surface area contributed by atoms with Crippen LogP contribution in [-0.2, 0) is 0 Å². The third-order valence-electron chi connectivity index (χ3n) is 4.09. The molecule has 0 amide bonds. The Morgan fingerprint density at radius 3 is 2.05 bits per heavy atom. The monoisotopic (exact) mass is 272 g/mol. The van der Waals surface area contributed by atoms with Gasteiger partial charge in [-0.05, 0) is 23.8 Å². The zero-order chi connectivity index (χ0) is 14.2. The number of hydrogen-bond donors (Lipinski definition) is 0. The van der Waals surface area contributed by atoms with Gasteiger partial charge in [-0.3, -0.25) is 0 Å². The number of rotatable bonds is 7. The summed E-state index contributed by atoms with van der Waals surface area (Å²) in [6, 6.07) is 21.6. The van der Waals surface area contributed by atoms with Crippen molar-refractivity contribution in [2.45, 2.75) is 39.0 Å². The smallest absolute Gasteiger partial charge is 0.192 e. The maximum atomic E-state index is 2.38. The van der Waals surface area contributed by atoms with Gasteiger partial charge in [0.2, 0.25) is 0 Å². The summed E-state index contributed by atoms with van der Waals surface area (Å²) < 4.78 is 0. The first-order valence-electron chi connectivity index (χ1n) is 7.72. The Hall–Kier alpha value is -1.09. The summed E-state index contributed by atoms with van der Waals surface area (Å²) in [6.45, 7) is 4.64. The fourth-order valence-electron chi connectivity index (χ4n) is 2.61. The molecule has 2 aromatic carbocycles. The Bertz CT molecular complexity index is 478. The van der Waals surface area contributed by atoms with Gasteiger partial charge in [-0.2, -0.15) is 24.1 Å². The van der Waals surface area contributed by atoms with Crippen molar-refractivity contribution in [1.82, 2.24) is 0 Å². The molecule has 1 heteroatoms. The van der Waals surface area contributed by atoms with E-state index in [0.717, 1.165) is 12.3 Å². The standard InChI is InChI=1S/C20H25.Li/c1-3-17(2)16-20(19-12-8-5-9-13-19)15-14-18-10-6-4-7-11-18;/h4-14,17,20H,3,15-16H2,1-2H3;/q-1;+1. The largest absolute Gasteiger partial charge is 1.00 e. The van der Waals surface area contributed by atoms with Gasteiger partial charge in [0.25, 0.3) is 0 Å². The molecule has 0 aromatic heterocycles. The molecule has 0 bridgehead atoms. The van der Waals surface area contributed by atoms with Gasteiger partial charge < -0.3 is 0 Å². The quantitative estimate of drug-likeness (QED) is 0.537. The summed E-state index contributed by atoms with van der Waals surface area (Å²) in [5.41, 5.74) is 2.80. The summed E-state index contributed by atoms with van der Waals surface area (Å²) >= 11 is 0. The second kappa shape index (κ2) is 9.77. The van der Waals surface area contributed by atoms with Crippen LogP contribution in [0.4, 0.5) is 0 Å². The van der Waals surface area contributed by atoms with E-state index in [1.807, 2.05) is 0 Å². The molecule has 2 atom stereocenters. The normalized spacial score (nSPS) is 13.0. The SMILES string of the molecule is CCC(C)CC(C[CH-]c1ccccc1)c1ccccc1.[Li+]. The second-order valence-electron chi connectivity index (χ2n) is 5.71. The average Bonchev–Trinajstić information content (AvgIpc) is 2.53. The predicted molar refractivity (Wildman–Crippen MR) is 87.7 cm³/mol. The van der Waals surface area contributed by atoms with Crippen LogP contribution in [0.3, 0.4) is 0 Å². The minimum atomic E-state index is 0. The third-order valence-corrected chi connectivity index (χ3v) is 4.09. The van der Waals surface area contributed by atoms with Crippen LogP contribution in [0.25, 0.3) is 0 Å². The average molecular weight is 272 g/mol. The Kier molecular flexibility index (Phi) is 8.36. The van der Waals surface area contributed by atoms with Crippen molar-refractivity contribution in [3.05, 3.63) is 78.2 Å². The summed E-state index contributed by atoms with van der Waals surface area (Å²) in [7, 11) is 0. The Morgan fingerprint density at radius 2 is 1.48 bits per heavy atom. The summed E-state index contributed by atoms with van der Waals surface area (Å²) in [4.78, 5) is 0. The molecule has 0 N–H and O–H groups in total. The van der Waals surface area contributed by atoms with Crippen LogP contribution >= 0.6 is 0 Å². The van der Waals surface area contributed by atoms with Crippen molar-refractivity contribution in [3.8, 4) is 0 Å². The van der Waals surface area contributed by atoms with Crippen LogP contribution in [0.15, 0.2) is 60.7 Å². The zero-order valence-corrected chi connectivity index (χ0v) is 13.6. The number of hydrogen-bond acceptors (Lipinski definition) is 0. The van der Waals surface area contributed by atoms with E-state index in [2.05, 4.69) is 80.9 Å². The first kappa shape index (κ1) is 18.0. The van der Waals surface area contributed by atoms with Gasteiger partial charge in [0.1, 0.15) is 0 Å². The fourth-order valence-corrected chi connectivity index (χ4v) is 2.61. The molecule has 0 spiro atoms. The summed E-state index contributed by atoms with van der Waals surface area (Å²) in [5.74, 6) is 1.41. The molecule has 2 rings (SSSR count). The maximum absolute atomic E-state index is 2.38. The molecule has 0 fully saturated rings. The molecule has 2 aromatic rings. The fraction of sp³-hybridized carbons (Fsp3) is 0.350. The van der Waals surface area contributed by atoms with Crippen LogP contribution < -0.4 is 18.9 Å². The van der Waals surface area contributed by atoms with E-state index in [9.17, 15) is 0 Å². The van der Waals surface area contributed by atoms with E-state index in [1.54, 1.807) is 0 Å². The van der Waals surface area contributed by atoms with Crippen molar-refractivity contribution >= 4 is 0 Å².